The Hall–Kier alpha value is -2.64. The molecule has 0 atom stereocenters. The summed E-state index contributed by atoms with van der Waals surface area (Å²) in [6, 6.07) is 4.09. The van der Waals surface area contributed by atoms with Crippen molar-refractivity contribution in [3.63, 3.8) is 0 Å². The summed E-state index contributed by atoms with van der Waals surface area (Å²) in [6.07, 6.45) is 3.36. The molecule has 0 radical (unpaired) electrons. The number of nitrogens with zero attached hydrogens (tertiary/aromatic N) is 6. The molecule has 3 rings (SSSR count). The minimum Gasteiger partial charge on any atom is -0.367 e. The monoisotopic (exact) mass is 343 g/mol. The Bertz CT molecular complexity index is 747. The number of likely N-dealkylation sites (tertiary alicyclic amines) is 1. The summed E-state index contributed by atoms with van der Waals surface area (Å²) < 4.78 is 1.66. The highest BCUT2D eigenvalue weighted by Crippen LogP contribution is 2.19. The molecule has 0 unspecified atom stereocenters. The SMILES string of the molecule is Cc1cc(C(=O)N2CCC(Nc3cc(N(C)C)ncn3)CC2)n(C)n1. The molecule has 0 saturated carbocycles. The maximum Gasteiger partial charge on any atom is 0.272 e. The van der Waals surface area contributed by atoms with E-state index in [1.54, 1.807) is 11.0 Å². The Morgan fingerprint density at radius 3 is 2.56 bits per heavy atom. The Morgan fingerprint density at radius 2 is 1.96 bits per heavy atom. The van der Waals surface area contributed by atoms with Gasteiger partial charge in [0.15, 0.2) is 0 Å². The first-order valence-electron chi connectivity index (χ1n) is 8.50. The van der Waals surface area contributed by atoms with Crippen LogP contribution in [0.1, 0.15) is 29.0 Å². The van der Waals surface area contributed by atoms with Crippen LogP contribution in [-0.2, 0) is 7.05 Å². The molecule has 2 aromatic rings. The van der Waals surface area contributed by atoms with Crippen molar-refractivity contribution in [3.05, 3.63) is 29.8 Å². The molecule has 1 amide bonds. The Balaban J connectivity index is 1.58. The van der Waals surface area contributed by atoms with E-state index < -0.39 is 0 Å². The molecule has 0 spiro atoms. The van der Waals surface area contributed by atoms with E-state index in [0.29, 0.717) is 11.7 Å². The summed E-state index contributed by atoms with van der Waals surface area (Å²) in [6.45, 7) is 3.36. The number of aromatic nitrogens is 4. The molecular weight excluding hydrogens is 318 g/mol. The van der Waals surface area contributed by atoms with Crippen molar-refractivity contribution in [1.82, 2.24) is 24.6 Å². The zero-order valence-electron chi connectivity index (χ0n) is 15.2. The first-order chi connectivity index (χ1) is 11.9. The fourth-order valence-corrected chi connectivity index (χ4v) is 3.08. The maximum atomic E-state index is 12.6. The van der Waals surface area contributed by atoms with E-state index in [2.05, 4.69) is 20.4 Å². The van der Waals surface area contributed by atoms with Gasteiger partial charge in [-0.15, -0.1) is 0 Å². The number of carbonyl (C=O) groups is 1. The normalized spacial score (nSPS) is 15.3. The smallest absolute Gasteiger partial charge is 0.272 e. The largest absolute Gasteiger partial charge is 0.367 e. The van der Waals surface area contributed by atoms with Crippen molar-refractivity contribution in [3.8, 4) is 0 Å². The van der Waals surface area contributed by atoms with E-state index in [-0.39, 0.29) is 5.91 Å². The van der Waals surface area contributed by atoms with Gasteiger partial charge in [-0.1, -0.05) is 0 Å². The lowest BCUT2D eigenvalue weighted by Gasteiger charge is -2.32. The molecule has 8 nitrogen and oxygen atoms in total. The fraction of sp³-hybridized carbons (Fsp3) is 0.529. The third kappa shape index (κ3) is 3.89. The lowest BCUT2D eigenvalue weighted by molar-refractivity contribution is 0.0707. The van der Waals surface area contributed by atoms with Gasteiger partial charge in [-0.05, 0) is 25.8 Å². The first kappa shape index (κ1) is 17.2. The summed E-state index contributed by atoms with van der Waals surface area (Å²) in [5.74, 6) is 1.75. The van der Waals surface area contributed by atoms with Crippen LogP contribution >= 0.6 is 0 Å². The van der Waals surface area contributed by atoms with E-state index in [4.69, 9.17) is 0 Å². The third-order valence-corrected chi connectivity index (χ3v) is 4.47. The van der Waals surface area contributed by atoms with Crippen LogP contribution in [0.3, 0.4) is 0 Å². The van der Waals surface area contributed by atoms with E-state index >= 15 is 0 Å². The fourth-order valence-electron chi connectivity index (χ4n) is 3.08. The molecule has 2 aromatic heterocycles. The van der Waals surface area contributed by atoms with Gasteiger partial charge in [0.1, 0.15) is 23.7 Å². The topological polar surface area (TPSA) is 79.2 Å². The Morgan fingerprint density at radius 1 is 1.24 bits per heavy atom. The summed E-state index contributed by atoms with van der Waals surface area (Å²) >= 11 is 0. The minimum absolute atomic E-state index is 0.0541. The molecule has 1 aliphatic rings. The van der Waals surface area contributed by atoms with Crippen LogP contribution in [0.25, 0.3) is 0 Å². The highest BCUT2D eigenvalue weighted by molar-refractivity contribution is 5.92. The van der Waals surface area contributed by atoms with Gasteiger partial charge in [0.25, 0.3) is 5.91 Å². The van der Waals surface area contributed by atoms with Crippen LogP contribution < -0.4 is 10.2 Å². The van der Waals surface area contributed by atoms with Gasteiger partial charge < -0.3 is 15.1 Å². The Labute approximate surface area is 147 Å². The van der Waals surface area contributed by atoms with E-state index in [1.807, 2.05) is 50.0 Å². The molecule has 1 aliphatic heterocycles. The van der Waals surface area contributed by atoms with Gasteiger partial charge in [-0.25, -0.2) is 9.97 Å². The molecule has 0 aliphatic carbocycles. The van der Waals surface area contributed by atoms with Crippen molar-refractivity contribution >= 4 is 17.5 Å². The predicted molar refractivity (Wildman–Crippen MR) is 96.9 cm³/mol. The van der Waals surface area contributed by atoms with E-state index in [9.17, 15) is 4.79 Å². The van der Waals surface area contributed by atoms with Crippen molar-refractivity contribution < 1.29 is 4.79 Å². The number of hydrogen-bond acceptors (Lipinski definition) is 6. The summed E-state index contributed by atoms with van der Waals surface area (Å²) in [5, 5.41) is 7.72. The zero-order chi connectivity index (χ0) is 18.0. The molecular formula is C17H25N7O. The van der Waals surface area contributed by atoms with Crippen molar-refractivity contribution in [2.45, 2.75) is 25.8 Å². The second-order valence-electron chi connectivity index (χ2n) is 6.66. The van der Waals surface area contributed by atoms with Crippen molar-refractivity contribution in [2.75, 3.05) is 37.4 Å². The first-order valence-corrected chi connectivity index (χ1v) is 8.50. The summed E-state index contributed by atoms with van der Waals surface area (Å²) in [4.78, 5) is 25.0. The quantitative estimate of drug-likeness (QED) is 0.901. The van der Waals surface area contributed by atoms with Crippen molar-refractivity contribution in [1.29, 1.82) is 0 Å². The van der Waals surface area contributed by atoms with Crippen LogP contribution in [0.5, 0.6) is 0 Å². The number of rotatable bonds is 4. The molecule has 25 heavy (non-hydrogen) atoms. The van der Waals surface area contributed by atoms with Gasteiger partial charge in [0.05, 0.1) is 5.69 Å². The molecule has 134 valence electrons. The average Bonchev–Trinajstić information content (AvgIpc) is 2.93. The van der Waals surface area contributed by atoms with Gasteiger partial charge in [-0.3, -0.25) is 9.48 Å². The molecule has 0 aromatic carbocycles. The number of nitrogens with one attached hydrogen (secondary N) is 1. The van der Waals surface area contributed by atoms with Crippen LogP contribution in [-0.4, -0.2) is 63.8 Å². The average molecular weight is 343 g/mol. The van der Waals surface area contributed by atoms with Gasteiger partial charge in [0.2, 0.25) is 0 Å². The number of hydrogen-bond donors (Lipinski definition) is 1. The van der Waals surface area contributed by atoms with Gasteiger partial charge >= 0.3 is 0 Å². The second kappa shape index (κ2) is 7.08. The number of piperidine rings is 1. The number of anilines is 2. The summed E-state index contributed by atoms with van der Waals surface area (Å²) in [7, 11) is 5.72. The third-order valence-electron chi connectivity index (χ3n) is 4.47. The molecule has 1 saturated heterocycles. The minimum atomic E-state index is 0.0541. The number of carbonyl (C=O) groups excluding carboxylic acids is 1. The maximum absolute atomic E-state index is 12.6. The number of aryl methyl sites for hydroxylation is 2. The lowest BCUT2D eigenvalue weighted by atomic mass is 10.0. The van der Waals surface area contributed by atoms with E-state index in [1.165, 1.54) is 0 Å². The van der Waals surface area contributed by atoms with Gasteiger partial charge in [-0.2, -0.15) is 5.10 Å². The van der Waals surface area contributed by atoms with E-state index in [0.717, 1.165) is 43.3 Å². The molecule has 1 N–H and O–H groups in total. The van der Waals surface area contributed by atoms with Crippen molar-refractivity contribution in [2.24, 2.45) is 7.05 Å². The number of amides is 1. The highest BCUT2D eigenvalue weighted by atomic mass is 16.2. The second-order valence-corrected chi connectivity index (χ2v) is 6.66. The van der Waals surface area contributed by atoms with Gasteiger partial charge in [0, 0.05) is 46.3 Å². The molecule has 8 heteroatoms. The van der Waals surface area contributed by atoms with Crippen LogP contribution in [0.15, 0.2) is 18.5 Å². The molecule has 3 heterocycles. The molecule has 1 fully saturated rings. The molecule has 0 bridgehead atoms. The summed E-state index contributed by atoms with van der Waals surface area (Å²) in [5.41, 5.74) is 1.51. The zero-order valence-corrected chi connectivity index (χ0v) is 15.2. The standard InChI is InChI=1S/C17H25N7O/c1-12-9-14(23(4)21-12)17(25)24-7-5-13(6-8-24)20-15-10-16(22(2)3)19-11-18-15/h9-11,13H,5-8H2,1-4H3,(H,18,19,20). The lowest BCUT2D eigenvalue weighted by Crippen LogP contribution is -2.43. The Kier molecular flexibility index (Phi) is 4.87. The van der Waals surface area contributed by atoms with Crippen LogP contribution in [0.4, 0.5) is 11.6 Å². The highest BCUT2D eigenvalue weighted by Gasteiger charge is 2.25. The predicted octanol–water partition coefficient (Wildman–Crippen LogP) is 1.30. The van der Waals surface area contributed by atoms with Crippen LogP contribution in [0, 0.1) is 6.92 Å². The van der Waals surface area contributed by atoms with Crippen LogP contribution in [0.2, 0.25) is 0 Å².